The minimum atomic E-state index is -0.579. The molecule has 1 amide bonds. The number of carbonyl (C=O) groups excluding carboxylic acids is 1. The second-order valence-electron chi connectivity index (χ2n) is 7.13. The summed E-state index contributed by atoms with van der Waals surface area (Å²) in [4.78, 5) is 14.7. The second kappa shape index (κ2) is 6.96. The third-order valence-corrected chi connectivity index (χ3v) is 4.67. The van der Waals surface area contributed by atoms with Crippen LogP contribution < -0.4 is 0 Å². The first-order valence-corrected chi connectivity index (χ1v) is 8.63. The zero-order valence-corrected chi connectivity index (χ0v) is 14.8. The molecule has 1 aromatic heterocycles. The number of aliphatic hydroxyl groups is 1. The number of amides is 1. The Morgan fingerprint density at radius 3 is 2.68 bits per heavy atom. The number of aromatic nitrogens is 2. The van der Waals surface area contributed by atoms with Crippen LogP contribution in [-0.2, 0) is 6.54 Å². The SMILES string of the molecule is Cc1c(C(=O)N2C[C@H](O)C[C@@H]2c2ccc(F)cc2)cnn1CC(C)C. The van der Waals surface area contributed by atoms with Crippen LogP contribution in [-0.4, -0.2) is 38.3 Å². The Labute approximate surface area is 147 Å². The van der Waals surface area contributed by atoms with E-state index in [2.05, 4.69) is 18.9 Å². The molecule has 6 heteroatoms. The normalized spacial score (nSPS) is 20.5. The number of halogens is 1. The number of hydrogen-bond acceptors (Lipinski definition) is 3. The van der Waals surface area contributed by atoms with E-state index in [1.807, 2.05) is 11.6 Å². The van der Waals surface area contributed by atoms with Gasteiger partial charge in [-0.1, -0.05) is 26.0 Å². The predicted octanol–water partition coefficient (Wildman–Crippen LogP) is 2.93. The molecule has 1 fully saturated rings. The second-order valence-corrected chi connectivity index (χ2v) is 7.13. The molecule has 1 aliphatic heterocycles. The van der Waals surface area contributed by atoms with E-state index in [1.165, 1.54) is 12.1 Å². The van der Waals surface area contributed by atoms with Crippen LogP contribution in [0, 0.1) is 18.7 Å². The minimum Gasteiger partial charge on any atom is -0.391 e. The number of aliphatic hydroxyl groups excluding tert-OH is 1. The molecule has 0 saturated carbocycles. The van der Waals surface area contributed by atoms with Crippen molar-refractivity contribution in [2.75, 3.05) is 6.54 Å². The highest BCUT2D eigenvalue weighted by Gasteiger charge is 2.36. The smallest absolute Gasteiger partial charge is 0.257 e. The molecule has 1 saturated heterocycles. The topological polar surface area (TPSA) is 58.4 Å². The molecule has 1 aromatic carbocycles. The van der Waals surface area contributed by atoms with Gasteiger partial charge in [-0.3, -0.25) is 9.48 Å². The number of carbonyl (C=O) groups is 1. The van der Waals surface area contributed by atoms with Gasteiger partial charge in [0, 0.05) is 18.8 Å². The standard InChI is InChI=1S/C19H24FN3O2/c1-12(2)10-23-13(3)17(9-21-23)19(25)22-11-16(24)8-18(22)14-4-6-15(20)7-5-14/h4-7,9,12,16,18,24H,8,10-11H2,1-3H3/t16-,18-/m1/s1. The first-order valence-electron chi connectivity index (χ1n) is 8.63. The van der Waals surface area contributed by atoms with Crippen molar-refractivity contribution >= 4 is 5.91 Å². The number of hydrogen-bond donors (Lipinski definition) is 1. The lowest BCUT2D eigenvalue weighted by Gasteiger charge is -2.24. The molecule has 2 heterocycles. The van der Waals surface area contributed by atoms with Crippen LogP contribution in [0.3, 0.4) is 0 Å². The van der Waals surface area contributed by atoms with Gasteiger partial charge in [-0.05, 0) is 37.0 Å². The Bertz CT molecular complexity index is 755. The fraction of sp³-hybridized carbons (Fsp3) is 0.474. The van der Waals surface area contributed by atoms with Gasteiger partial charge in [0.1, 0.15) is 5.82 Å². The lowest BCUT2D eigenvalue weighted by Crippen LogP contribution is -2.32. The number of rotatable bonds is 4. The van der Waals surface area contributed by atoms with Gasteiger partial charge >= 0.3 is 0 Å². The van der Waals surface area contributed by atoms with E-state index in [0.29, 0.717) is 17.9 Å². The van der Waals surface area contributed by atoms with E-state index in [-0.39, 0.29) is 24.3 Å². The third kappa shape index (κ3) is 3.58. The average molecular weight is 345 g/mol. The van der Waals surface area contributed by atoms with Crippen LogP contribution in [0.2, 0.25) is 0 Å². The van der Waals surface area contributed by atoms with Crippen LogP contribution in [0.15, 0.2) is 30.5 Å². The molecule has 0 bridgehead atoms. The number of benzene rings is 1. The van der Waals surface area contributed by atoms with Crippen molar-refractivity contribution in [1.29, 1.82) is 0 Å². The largest absolute Gasteiger partial charge is 0.391 e. The predicted molar refractivity (Wildman–Crippen MR) is 92.6 cm³/mol. The van der Waals surface area contributed by atoms with Crippen molar-refractivity contribution in [2.24, 2.45) is 5.92 Å². The highest BCUT2D eigenvalue weighted by Crippen LogP contribution is 2.33. The quantitative estimate of drug-likeness (QED) is 0.927. The summed E-state index contributed by atoms with van der Waals surface area (Å²) in [6, 6.07) is 5.86. The lowest BCUT2D eigenvalue weighted by molar-refractivity contribution is 0.0715. The summed E-state index contributed by atoms with van der Waals surface area (Å²) >= 11 is 0. The zero-order valence-electron chi connectivity index (χ0n) is 14.8. The molecule has 1 aliphatic rings. The first-order chi connectivity index (χ1) is 11.9. The van der Waals surface area contributed by atoms with Crippen LogP contribution in [0.1, 0.15) is 47.9 Å². The van der Waals surface area contributed by atoms with Gasteiger partial charge in [0.05, 0.1) is 23.9 Å². The third-order valence-electron chi connectivity index (χ3n) is 4.67. The molecule has 0 aliphatic carbocycles. The van der Waals surface area contributed by atoms with Crippen molar-refractivity contribution in [1.82, 2.24) is 14.7 Å². The van der Waals surface area contributed by atoms with Crippen molar-refractivity contribution in [3.05, 3.63) is 53.1 Å². The molecule has 0 unspecified atom stereocenters. The van der Waals surface area contributed by atoms with Gasteiger partial charge in [-0.15, -0.1) is 0 Å². The number of likely N-dealkylation sites (tertiary alicyclic amines) is 1. The molecular weight excluding hydrogens is 321 g/mol. The molecule has 1 N–H and O–H groups in total. The van der Waals surface area contributed by atoms with Crippen LogP contribution >= 0.6 is 0 Å². The lowest BCUT2D eigenvalue weighted by atomic mass is 10.0. The molecule has 25 heavy (non-hydrogen) atoms. The van der Waals surface area contributed by atoms with E-state index in [1.54, 1.807) is 23.2 Å². The molecule has 0 radical (unpaired) electrons. The van der Waals surface area contributed by atoms with Crippen LogP contribution in [0.25, 0.3) is 0 Å². The Kier molecular flexibility index (Phi) is 4.90. The van der Waals surface area contributed by atoms with E-state index >= 15 is 0 Å². The highest BCUT2D eigenvalue weighted by atomic mass is 19.1. The van der Waals surface area contributed by atoms with Gasteiger partial charge in [0.15, 0.2) is 0 Å². The maximum absolute atomic E-state index is 13.2. The monoisotopic (exact) mass is 345 g/mol. The van der Waals surface area contributed by atoms with Gasteiger partial charge in [0.2, 0.25) is 0 Å². The summed E-state index contributed by atoms with van der Waals surface area (Å²) in [5, 5.41) is 14.4. The van der Waals surface area contributed by atoms with E-state index in [9.17, 15) is 14.3 Å². The van der Waals surface area contributed by atoms with Crippen LogP contribution in [0.5, 0.6) is 0 Å². The Morgan fingerprint density at radius 2 is 2.04 bits per heavy atom. The number of nitrogens with zero attached hydrogens (tertiary/aromatic N) is 3. The summed E-state index contributed by atoms with van der Waals surface area (Å²) in [7, 11) is 0. The molecular formula is C19H24FN3O2. The summed E-state index contributed by atoms with van der Waals surface area (Å²) in [6.45, 7) is 7.12. The Morgan fingerprint density at radius 1 is 1.36 bits per heavy atom. The minimum absolute atomic E-state index is 0.140. The molecule has 5 nitrogen and oxygen atoms in total. The van der Waals surface area contributed by atoms with E-state index in [0.717, 1.165) is 17.8 Å². The Hall–Kier alpha value is -2.21. The summed E-state index contributed by atoms with van der Waals surface area (Å²) in [6.07, 6.45) is 1.48. The van der Waals surface area contributed by atoms with Gasteiger partial charge in [-0.25, -0.2) is 4.39 Å². The molecule has 2 aromatic rings. The molecule has 3 rings (SSSR count). The van der Waals surface area contributed by atoms with Crippen LogP contribution in [0.4, 0.5) is 4.39 Å². The van der Waals surface area contributed by atoms with E-state index < -0.39 is 6.10 Å². The summed E-state index contributed by atoms with van der Waals surface area (Å²) < 4.78 is 15.0. The van der Waals surface area contributed by atoms with Crippen molar-refractivity contribution in [3.8, 4) is 0 Å². The summed E-state index contributed by atoms with van der Waals surface area (Å²) in [5.74, 6) is -0.0218. The fourth-order valence-corrected chi connectivity index (χ4v) is 3.38. The van der Waals surface area contributed by atoms with Gasteiger partial charge in [0.25, 0.3) is 5.91 Å². The molecule has 134 valence electrons. The average Bonchev–Trinajstić information content (AvgIpc) is 3.11. The molecule has 0 spiro atoms. The fourth-order valence-electron chi connectivity index (χ4n) is 3.38. The number of β-amino-alcohol motifs (C(OH)–C–C–N with tert-alkyl or cyclic N) is 1. The van der Waals surface area contributed by atoms with Gasteiger partial charge < -0.3 is 10.0 Å². The summed E-state index contributed by atoms with van der Waals surface area (Å²) in [5.41, 5.74) is 2.22. The van der Waals surface area contributed by atoms with Gasteiger partial charge in [-0.2, -0.15) is 5.10 Å². The zero-order chi connectivity index (χ0) is 18.1. The molecule has 2 atom stereocenters. The maximum Gasteiger partial charge on any atom is 0.257 e. The van der Waals surface area contributed by atoms with Crippen molar-refractivity contribution in [3.63, 3.8) is 0 Å². The van der Waals surface area contributed by atoms with Crippen molar-refractivity contribution in [2.45, 2.75) is 45.9 Å². The highest BCUT2D eigenvalue weighted by molar-refractivity contribution is 5.95. The Balaban J connectivity index is 1.87. The maximum atomic E-state index is 13.2. The first kappa shape index (κ1) is 17.6. The van der Waals surface area contributed by atoms with Crippen molar-refractivity contribution < 1.29 is 14.3 Å². The van der Waals surface area contributed by atoms with E-state index in [4.69, 9.17) is 0 Å².